The van der Waals surface area contributed by atoms with Crippen LogP contribution < -0.4 is 16.6 Å². The molecule has 0 saturated heterocycles. The van der Waals surface area contributed by atoms with Gasteiger partial charge in [-0.1, -0.05) is 6.42 Å². The van der Waals surface area contributed by atoms with Gasteiger partial charge in [-0.2, -0.15) is 0 Å². The Bertz CT molecular complexity index is 563. The van der Waals surface area contributed by atoms with E-state index in [4.69, 9.17) is 5.11 Å². The van der Waals surface area contributed by atoms with Crippen molar-refractivity contribution in [2.24, 2.45) is 5.92 Å². The van der Waals surface area contributed by atoms with E-state index >= 15 is 0 Å². The summed E-state index contributed by atoms with van der Waals surface area (Å²) in [7, 11) is 0. The van der Waals surface area contributed by atoms with Crippen LogP contribution in [-0.2, 0) is 11.3 Å². The second kappa shape index (κ2) is 5.83. The summed E-state index contributed by atoms with van der Waals surface area (Å²) < 4.78 is 1.14. The topological polar surface area (TPSA) is 104 Å². The van der Waals surface area contributed by atoms with Crippen LogP contribution in [0.3, 0.4) is 0 Å². The molecule has 0 aromatic carbocycles. The zero-order chi connectivity index (χ0) is 13.8. The van der Waals surface area contributed by atoms with Crippen molar-refractivity contribution in [2.45, 2.75) is 31.8 Å². The molecule has 1 heterocycles. The van der Waals surface area contributed by atoms with Crippen LogP contribution in [0.5, 0.6) is 0 Å². The molecule has 0 bridgehead atoms. The lowest BCUT2D eigenvalue weighted by atomic mass is 10.1. The standard InChI is InChI=1S/C12H17N3O4/c16-7-8-2-1-3-9(8)13-11(18)6-15-5-4-10(17)14-12(15)19/h4-5,8-9,16H,1-3,6-7H2,(H,13,18)(H,14,17,19). The average molecular weight is 267 g/mol. The van der Waals surface area contributed by atoms with Gasteiger partial charge < -0.3 is 10.4 Å². The van der Waals surface area contributed by atoms with Gasteiger partial charge in [-0.3, -0.25) is 19.1 Å². The normalized spacial score (nSPS) is 22.4. The number of aromatic amines is 1. The summed E-state index contributed by atoms with van der Waals surface area (Å²) in [5.41, 5.74) is -1.09. The van der Waals surface area contributed by atoms with Gasteiger partial charge in [-0.25, -0.2) is 4.79 Å². The molecule has 1 amide bonds. The summed E-state index contributed by atoms with van der Waals surface area (Å²) >= 11 is 0. The molecule has 2 unspecified atom stereocenters. The van der Waals surface area contributed by atoms with Gasteiger partial charge >= 0.3 is 5.69 Å². The van der Waals surface area contributed by atoms with Crippen molar-refractivity contribution in [1.82, 2.24) is 14.9 Å². The minimum Gasteiger partial charge on any atom is -0.396 e. The average Bonchev–Trinajstić information content (AvgIpc) is 2.80. The number of amides is 1. The summed E-state index contributed by atoms with van der Waals surface area (Å²) in [4.78, 5) is 36.2. The summed E-state index contributed by atoms with van der Waals surface area (Å²) in [5, 5.41) is 12.0. The Balaban J connectivity index is 1.97. The van der Waals surface area contributed by atoms with Crippen molar-refractivity contribution >= 4 is 5.91 Å². The third kappa shape index (κ3) is 3.31. The number of aromatic nitrogens is 2. The lowest BCUT2D eigenvalue weighted by Crippen LogP contribution is -2.42. The van der Waals surface area contributed by atoms with Gasteiger partial charge in [0.15, 0.2) is 0 Å². The number of rotatable bonds is 4. The zero-order valence-electron chi connectivity index (χ0n) is 10.5. The number of carbonyl (C=O) groups excluding carboxylic acids is 1. The van der Waals surface area contributed by atoms with Crippen LogP contribution in [0.15, 0.2) is 21.9 Å². The molecular formula is C12H17N3O4. The largest absolute Gasteiger partial charge is 0.396 e. The van der Waals surface area contributed by atoms with Crippen LogP contribution in [-0.4, -0.2) is 33.2 Å². The van der Waals surface area contributed by atoms with Crippen LogP contribution >= 0.6 is 0 Å². The second-order valence-corrected chi connectivity index (χ2v) is 4.79. The SMILES string of the molecule is O=C(Cn1ccc(=O)[nH]c1=O)NC1CCCC1CO. The summed E-state index contributed by atoms with van der Waals surface area (Å²) in [6.45, 7) is -0.0756. The Morgan fingerprint density at radius 2 is 2.26 bits per heavy atom. The Hall–Kier alpha value is -1.89. The molecule has 7 heteroatoms. The van der Waals surface area contributed by atoms with Gasteiger partial charge in [0.25, 0.3) is 5.56 Å². The van der Waals surface area contributed by atoms with Crippen LogP contribution in [0.2, 0.25) is 0 Å². The molecule has 1 saturated carbocycles. The molecule has 0 aliphatic heterocycles. The Morgan fingerprint density at radius 3 is 2.95 bits per heavy atom. The van der Waals surface area contributed by atoms with E-state index in [2.05, 4.69) is 10.3 Å². The van der Waals surface area contributed by atoms with E-state index in [0.29, 0.717) is 0 Å². The molecule has 1 aromatic rings. The summed E-state index contributed by atoms with van der Waals surface area (Å²) in [5.74, 6) is -0.198. The third-order valence-corrected chi connectivity index (χ3v) is 3.45. The molecule has 2 atom stereocenters. The number of nitrogens with one attached hydrogen (secondary N) is 2. The minimum absolute atomic E-state index is 0.0315. The number of hydrogen-bond donors (Lipinski definition) is 3. The van der Waals surface area contributed by atoms with Crippen molar-refractivity contribution in [3.8, 4) is 0 Å². The van der Waals surface area contributed by atoms with E-state index in [1.807, 2.05) is 0 Å². The number of H-pyrrole nitrogens is 1. The maximum atomic E-state index is 11.8. The minimum atomic E-state index is -0.604. The lowest BCUT2D eigenvalue weighted by molar-refractivity contribution is -0.122. The van der Waals surface area contributed by atoms with Crippen molar-refractivity contribution < 1.29 is 9.90 Å². The van der Waals surface area contributed by atoms with Crippen molar-refractivity contribution in [3.63, 3.8) is 0 Å². The molecule has 1 aromatic heterocycles. The fourth-order valence-electron chi connectivity index (χ4n) is 2.42. The molecule has 3 N–H and O–H groups in total. The first kappa shape index (κ1) is 13.5. The zero-order valence-corrected chi connectivity index (χ0v) is 10.5. The highest BCUT2D eigenvalue weighted by molar-refractivity contribution is 5.76. The van der Waals surface area contributed by atoms with Gasteiger partial charge in [0.2, 0.25) is 5.91 Å². The number of hydrogen-bond acceptors (Lipinski definition) is 4. The van der Waals surface area contributed by atoms with Crippen molar-refractivity contribution in [2.75, 3.05) is 6.61 Å². The Kier molecular flexibility index (Phi) is 4.16. The summed E-state index contributed by atoms with van der Waals surface area (Å²) in [6.07, 6.45) is 4.02. The second-order valence-electron chi connectivity index (χ2n) is 4.79. The lowest BCUT2D eigenvalue weighted by Gasteiger charge is -2.19. The number of aliphatic hydroxyl groups excluding tert-OH is 1. The van der Waals surface area contributed by atoms with E-state index in [1.165, 1.54) is 12.3 Å². The third-order valence-electron chi connectivity index (χ3n) is 3.45. The monoisotopic (exact) mass is 267 g/mol. The predicted octanol–water partition coefficient (Wildman–Crippen LogP) is -1.19. The summed E-state index contributed by atoms with van der Waals surface area (Å²) in [6, 6.07) is 1.16. The first-order valence-electron chi connectivity index (χ1n) is 6.30. The van der Waals surface area contributed by atoms with E-state index in [9.17, 15) is 14.4 Å². The molecule has 19 heavy (non-hydrogen) atoms. The van der Waals surface area contributed by atoms with E-state index in [-0.39, 0.29) is 31.0 Å². The van der Waals surface area contributed by atoms with Crippen LogP contribution in [0.4, 0.5) is 0 Å². The maximum Gasteiger partial charge on any atom is 0.328 e. The van der Waals surface area contributed by atoms with Gasteiger partial charge in [0.1, 0.15) is 6.54 Å². The quantitative estimate of drug-likeness (QED) is 0.638. The molecule has 7 nitrogen and oxygen atoms in total. The van der Waals surface area contributed by atoms with Gasteiger partial charge in [-0.15, -0.1) is 0 Å². The molecule has 2 rings (SSSR count). The molecule has 1 aliphatic rings. The van der Waals surface area contributed by atoms with Crippen molar-refractivity contribution in [1.29, 1.82) is 0 Å². The first-order chi connectivity index (χ1) is 9.10. The highest BCUT2D eigenvalue weighted by Crippen LogP contribution is 2.24. The van der Waals surface area contributed by atoms with E-state index < -0.39 is 11.2 Å². The Morgan fingerprint density at radius 1 is 1.47 bits per heavy atom. The van der Waals surface area contributed by atoms with Gasteiger partial charge in [-0.05, 0) is 12.8 Å². The van der Waals surface area contributed by atoms with E-state index in [1.54, 1.807) is 0 Å². The van der Waals surface area contributed by atoms with Gasteiger partial charge in [0, 0.05) is 30.8 Å². The van der Waals surface area contributed by atoms with Crippen LogP contribution in [0.25, 0.3) is 0 Å². The van der Waals surface area contributed by atoms with Crippen LogP contribution in [0.1, 0.15) is 19.3 Å². The van der Waals surface area contributed by atoms with E-state index in [0.717, 1.165) is 23.8 Å². The smallest absolute Gasteiger partial charge is 0.328 e. The Labute approximate surface area is 109 Å². The molecule has 0 spiro atoms. The first-order valence-corrected chi connectivity index (χ1v) is 6.30. The fraction of sp³-hybridized carbons (Fsp3) is 0.583. The number of nitrogens with zero attached hydrogens (tertiary/aromatic N) is 1. The molecule has 104 valence electrons. The molecule has 1 aliphatic carbocycles. The maximum absolute atomic E-state index is 11.8. The molecular weight excluding hydrogens is 250 g/mol. The molecule has 1 fully saturated rings. The molecule has 0 radical (unpaired) electrons. The van der Waals surface area contributed by atoms with Gasteiger partial charge in [0.05, 0.1) is 0 Å². The van der Waals surface area contributed by atoms with Crippen molar-refractivity contribution in [3.05, 3.63) is 33.1 Å². The number of carbonyl (C=O) groups is 1. The highest BCUT2D eigenvalue weighted by atomic mass is 16.3. The predicted molar refractivity (Wildman–Crippen MR) is 67.7 cm³/mol. The number of aliphatic hydroxyl groups is 1. The van der Waals surface area contributed by atoms with Crippen LogP contribution in [0, 0.1) is 5.92 Å². The highest BCUT2D eigenvalue weighted by Gasteiger charge is 2.27. The fourth-order valence-corrected chi connectivity index (χ4v) is 2.42.